The molecule has 6 nitrogen and oxygen atoms in total. The van der Waals surface area contributed by atoms with Crippen LogP contribution in [0.15, 0.2) is 24.8 Å². The van der Waals surface area contributed by atoms with Gasteiger partial charge < -0.3 is 38.5 Å². The fourth-order valence-corrected chi connectivity index (χ4v) is 3.02. The number of aromatic nitrogens is 4. The first-order chi connectivity index (χ1) is 18.7. The van der Waals surface area contributed by atoms with Crippen molar-refractivity contribution in [1.29, 1.82) is 0 Å². The van der Waals surface area contributed by atoms with E-state index < -0.39 is 6.10 Å². The second kappa shape index (κ2) is 33.7. The molecule has 0 aliphatic carbocycles. The molecule has 2 aromatic rings. The molecule has 1 atom stereocenters. The Hall–Kier alpha value is -3.34. The molecule has 2 rings (SSSR count). The van der Waals surface area contributed by atoms with E-state index in [-0.39, 0.29) is 57.2 Å². The molecule has 0 aromatic carbocycles. The predicted molar refractivity (Wildman–Crippen MR) is 182 cm³/mol. The summed E-state index contributed by atoms with van der Waals surface area (Å²) in [7, 11) is 0. The summed E-state index contributed by atoms with van der Waals surface area (Å²) in [6.45, 7) is 2.26. The number of aliphatic hydroxyl groups excluding tert-OH is 1. The van der Waals surface area contributed by atoms with Crippen LogP contribution < -0.4 is 17.0 Å². The summed E-state index contributed by atoms with van der Waals surface area (Å²) in [5.41, 5.74) is 0. The van der Waals surface area contributed by atoms with Gasteiger partial charge in [0.2, 0.25) is 0 Å². The van der Waals surface area contributed by atoms with Gasteiger partial charge >= 0.3 is 23.1 Å². The topological polar surface area (TPSA) is 94.7 Å². The van der Waals surface area contributed by atoms with E-state index in [0.29, 0.717) is 17.9 Å². The maximum atomic E-state index is 9.84. The summed E-state index contributed by atoms with van der Waals surface area (Å²) < 4.78 is 0. The van der Waals surface area contributed by atoms with E-state index in [2.05, 4.69) is 80.1 Å². The van der Waals surface area contributed by atoms with Crippen LogP contribution in [0.5, 0.6) is 0 Å². The van der Waals surface area contributed by atoms with Crippen molar-refractivity contribution in [2.45, 2.75) is 83.7 Å². The minimum absolute atomic E-state index is 0. The number of hydrogen-bond acceptors (Lipinski definition) is 4. The van der Waals surface area contributed by atoms with Crippen molar-refractivity contribution in [1.82, 2.24) is 19.9 Å². The standard InChI is InChI=1S/C16H30N2O.C12H.C4H4N2O.BrH.Mg.12H2/c1-2-3-4-5-6-7-8-9-10-11-12-15(19)16-17-13-14-18-16;1-3-5-7-9-11-12-10-8-6-4-2;7-3-4-5-1-2-6-4;;;;;;;;;;;;;;/h13-15,19H,2-12H2,1H3,(H,17,18);1H;1-3H,(H,5,6);1H;;12*1H/q;-1;;;+2;;;;;;;;;;;;/p-1. The number of aliphatic hydroxyl groups is 1. The quantitative estimate of drug-likeness (QED) is 0.0972. The number of nitrogens with zero attached hydrogens (tertiary/aromatic N) is 2. The molecule has 40 heavy (non-hydrogen) atoms. The summed E-state index contributed by atoms with van der Waals surface area (Å²) in [5, 5.41) is 9.84. The normalized spacial score (nSPS) is 8.60. The first kappa shape index (κ1) is 41.1. The molecular weight excluding hydrogens is 577 g/mol. The van der Waals surface area contributed by atoms with Gasteiger partial charge in [0.05, 0.1) is 0 Å². The zero-order chi connectivity index (χ0) is 27.9. The van der Waals surface area contributed by atoms with Crippen LogP contribution in [0.25, 0.3) is 0 Å². The molecule has 0 spiro atoms. The van der Waals surface area contributed by atoms with Gasteiger partial charge in [-0.2, -0.15) is 0 Å². The van der Waals surface area contributed by atoms with Crippen molar-refractivity contribution in [3.05, 3.63) is 42.9 Å². The third-order valence-electron chi connectivity index (χ3n) is 4.87. The van der Waals surface area contributed by atoms with Crippen LogP contribution in [-0.4, -0.2) is 54.4 Å². The number of halogens is 1. The number of imidazole rings is 2. The van der Waals surface area contributed by atoms with Crippen LogP contribution in [0.3, 0.4) is 0 Å². The number of aldehydes is 1. The first-order valence-electron chi connectivity index (χ1n) is 12.7. The third-order valence-corrected chi connectivity index (χ3v) is 4.87. The largest absolute Gasteiger partial charge is 2.00 e. The minimum atomic E-state index is -0.413. The molecular formula is C32H59BrMgN4O2. The van der Waals surface area contributed by atoms with Crippen molar-refractivity contribution in [3.8, 4) is 65.6 Å². The van der Waals surface area contributed by atoms with Crippen molar-refractivity contribution < 1.29 is 44.0 Å². The minimum Gasteiger partial charge on any atom is -1.00 e. The number of terminal acetylenes is 1. The Bertz CT molecular complexity index is 1190. The summed E-state index contributed by atoms with van der Waals surface area (Å²) in [5.74, 6) is 23.8. The number of H-pyrrole nitrogens is 2. The molecule has 0 fully saturated rings. The molecule has 8 heteroatoms. The van der Waals surface area contributed by atoms with Crippen molar-refractivity contribution in [2.75, 3.05) is 0 Å². The molecule has 2 heterocycles. The number of unbranched alkanes of at least 4 members (excludes halogenated alkanes) is 9. The van der Waals surface area contributed by atoms with Crippen LogP contribution in [0.1, 0.15) is 117 Å². The maximum absolute atomic E-state index is 9.84. The average molecular weight is 636 g/mol. The van der Waals surface area contributed by atoms with E-state index in [0.717, 1.165) is 12.8 Å². The monoisotopic (exact) mass is 634 g/mol. The SMILES string of the molecule is CCCCCCCCCCCCC(O)c1ncc[nH]1.O=Cc1ncc[nH]1.[Br-].[C-]#CC#CC#CC#CC#CC#C.[HH].[HH].[HH].[HH].[HH].[HH].[HH].[HH].[HH].[HH].[HH].[HH].[Mg+2]. The Balaban J connectivity index is -0.0000000286. The second-order valence-corrected chi connectivity index (χ2v) is 7.82. The molecule has 0 bridgehead atoms. The van der Waals surface area contributed by atoms with Gasteiger partial charge in [-0.1, -0.05) is 71.1 Å². The van der Waals surface area contributed by atoms with Gasteiger partial charge in [0.15, 0.2) is 12.1 Å². The predicted octanol–water partition coefficient (Wildman–Crippen LogP) is 4.77. The zero-order valence-electron chi connectivity index (χ0n) is 23.2. The molecule has 0 saturated carbocycles. The Morgan fingerprint density at radius 2 is 1.38 bits per heavy atom. The van der Waals surface area contributed by atoms with E-state index in [1.165, 1.54) is 64.0 Å². The van der Waals surface area contributed by atoms with Gasteiger partial charge in [-0.25, -0.2) is 15.9 Å². The van der Waals surface area contributed by atoms with Crippen LogP contribution in [0.2, 0.25) is 0 Å². The number of rotatable bonds is 13. The number of carbonyl (C=O) groups excluding carboxylic acids is 1. The smallest absolute Gasteiger partial charge is 1.00 e. The molecule has 0 aliphatic rings. The fraction of sp³-hybridized carbons (Fsp3) is 0.406. The molecule has 2 aromatic heterocycles. The van der Waals surface area contributed by atoms with Crippen molar-refractivity contribution in [3.63, 3.8) is 0 Å². The molecule has 3 N–H and O–H groups in total. The van der Waals surface area contributed by atoms with Gasteiger partial charge in [-0.15, -0.1) is 12.3 Å². The van der Waals surface area contributed by atoms with Gasteiger partial charge in [0.1, 0.15) is 11.9 Å². The van der Waals surface area contributed by atoms with Gasteiger partial charge in [0.25, 0.3) is 0 Å². The van der Waals surface area contributed by atoms with Gasteiger partial charge in [-0.3, -0.25) is 10.7 Å². The van der Waals surface area contributed by atoms with E-state index in [1.807, 2.05) is 5.92 Å². The van der Waals surface area contributed by atoms with E-state index in [9.17, 15) is 9.90 Å². The van der Waals surface area contributed by atoms with E-state index in [1.54, 1.807) is 18.6 Å². The van der Waals surface area contributed by atoms with Crippen molar-refractivity contribution in [2.24, 2.45) is 0 Å². The van der Waals surface area contributed by atoms with Crippen LogP contribution in [0, 0.1) is 72.1 Å². The van der Waals surface area contributed by atoms with Crippen LogP contribution >= 0.6 is 0 Å². The summed E-state index contributed by atoms with van der Waals surface area (Å²) in [6.07, 6.45) is 32.2. The molecule has 0 aliphatic heterocycles. The molecule has 1 unspecified atom stereocenters. The third kappa shape index (κ3) is 27.7. The van der Waals surface area contributed by atoms with Crippen LogP contribution in [-0.2, 0) is 0 Å². The molecule has 0 radical (unpaired) electrons. The van der Waals surface area contributed by atoms with Crippen LogP contribution in [0.4, 0.5) is 0 Å². The molecule has 228 valence electrons. The van der Waals surface area contributed by atoms with Gasteiger partial charge in [0, 0.05) is 41.9 Å². The van der Waals surface area contributed by atoms with Crippen molar-refractivity contribution >= 4 is 29.3 Å². The Morgan fingerprint density at radius 3 is 1.80 bits per heavy atom. The molecule has 0 amide bonds. The summed E-state index contributed by atoms with van der Waals surface area (Å²) in [6, 6.07) is 0. The number of hydrogen-bond donors (Lipinski definition) is 3. The Kier molecular flexibility index (Phi) is 34.6. The summed E-state index contributed by atoms with van der Waals surface area (Å²) >= 11 is 0. The molecule has 0 saturated heterocycles. The fourth-order valence-electron chi connectivity index (χ4n) is 3.02. The number of nitrogens with one attached hydrogen (secondary N) is 2. The first-order valence-corrected chi connectivity index (χ1v) is 12.7. The Labute approximate surface area is 284 Å². The average Bonchev–Trinajstić information content (AvgIpc) is 3.67. The number of aromatic amines is 2. The number of carbonyl (C=O) groups is 1. The Morgan fingerprint density at radius 1 is 0.875 bits per heavy atom. The van der Waals surface area contributed by atoms with E-state index in [4.69, 9.17) is 12.8 Å². The van der Waals surface area contributed by atoms with Gasteiger partial charge in [-0.05, 0) is 47.9 Å². The maximum Gasteiger partial charge on any atom is 2.00 e. The van der Waals surface area contributed by atoms with E-state index >= 15 is 0 Å². The zero-order valence-corrected chi connectivity index (χ0v) is 26.2. The second-order valence-electron chi connectivity index (χ2n) is 7.82. The summed E-state index contributed by atoms with van der Waals surface area (Å²) in [4.78, 5) is 23.0.